The number of hydrogen-bond acceptors (Lipinski definition) is 6. The number of rotatable bonds is 9. The number of nitrogens with one attached hydrogen (secondary N) is 2. The second-order valence-corrected chi connectivity index (χ2v) is 13.5. The van der Waals surface area contributed by atoms with E-state index < -0.39 is 33.4 Å². The largest absolute Gasteiger partial charge is 0.497 e. The lowest BCUT2D eigenvalue weighted by molar-refractivity contribution is -0.141. The molecule has 3 aliphatic rings. The Labute approximate surface area is 249 Å². The van der Waals surface area contributed by atoms with Crippen LogP contribution in [0.4, 0.5) is 11.4 Å². The maximum Gasteiger partial charge on any atom is 0.248 e. The van der Waals surface area contributed by atoms with Crippen LogP contribution in [0.2, 0.25) is 0 Å². The van der Waals surface area contributed by atoms with E-state index >= 15 is 0 Å². The zero-order valence-electron chi connectivity index (χ0n) is 23.7. The number of aliphatic hydroxyl groups is 1. The van der Waals surface area contributed by atoms with Gasteiger partial charge in [-0.15, -0.1) is 11.8 Å². The highest BCUT2D eigenvalue weighted by Gasteiger charge is 2.77. The Morgan fingerprint density at radius 2 is 1.57 bits per heavy atom. The Morgan fingerprint density at radius 1 is 0.952 bits per heavy atom. The first-order valence-electron chi connectivity index (χ1n) is 14.3. The minimum atomic E-state index is -0.862. The number of fused-ring (bicyclic) bond motifs is 1. The first-order chi connectivity index (χ1) is 20.3. The molecule has 0 aromatic heterocycles. The number of para-hydroxylation sites is 1. The summed E-state index contributed by atoms with van der Waals surface area (Å²) in [5.74, 6) is -1.43. The Hall–Kier alpha value is -3.82. The molecule has 0 aliphatic carbocycles. The van der Waals surface area contributed by atoms with Crippen LogP contribution < -0.4 is 15.4 Å². The maximum atomic E-state index is 14.5. The van der Waals surface area contributed by atoms with Crippen molar-refractivity contribution >= 4 is 40.9 Å². The molecule has 6 rings (SSSR count). The highest BCUT2D eigenvalue weighted by molar-refractivity contribution is 8.02. The van der Waals surface area contributed by atoms with Gasteiger partial charge < -0.3 is 25.4 Å². The van der Waals surface area contributed by atoms with Crippen LogP contribution in [0.5, 0.6) is 5.75 Å². The zero-order valence-corrected chi connectivity index (χ0v) is 24.5. The standard InChI is InChI=1S/C33H35N3O5S/c1-32-17-18-33(42-32)27(26(32)29(38)34-22-11-7-4-8-12-22)31(40)36(24(20-37)19-21-9-5-3-6-10-21)28(33)30(39)35-23-13-15-25(41-2)16-14-23/h3-16,24,26-28,37H,17-20H2,1-2H3,(H,34,38)(H,35,39)/t24-,26-,27+,28?,32+,33?/m1/s1. The Morgan fingerprint density at radius 3 is 2.21 bits per heavy atom. The van der Waals surface area contributed by atoms with Crippen molar-refractivity contribution in [2.45, 2.75) is 47.8 Å². The molecule has 3 saturated heterocycles. The van der Waals surface area contributed by atoms with Gasteiger partial charge in [-0.2, -0.15) is 0 Å². The van der Waals surface area contributed by atoms with E-state index in [0.717, 1.165) is 5.56 Å². The number of likely N-dealkylation sites (tertiary alicyclic amines) is 1. The monoisotopic (exact) mass is 585 g/mol. The highest BCUT2D eigenvalue weighted by Crippen LogP contribution is 2.71. The summed E-state index contributed by atoms with van der Waals surface area (Å²) >= 11 is 1.61. The van der Waals surface area contributed by atoms with Crippen LogP contribution >= 0.6 is 11.8 Å². The summed E-state index contributed by atoms with van der Waals surface area (Å²) in [4.78, 5) is 44.3. The molecule has 2 unspecified atom stereocenters. The molecule has 3 heterocycles. The van der Waals surface area contributed by atoms with Crippen molar-refractivity contribution in [1.82, 2.24) is 4.90 Å². The van der Waals surface area contributed by atoms with Crippen molar-refractivity contribution in [2.75, 3.05) is 24.4 Å². The molecule has 1 spiro atoms. The molecule has 218 valence electrons. The summed E-state index contributed by atoms with van der Waals surface area (Å²) in [6.45, 7) is 1.74. The molecule has 6 atom stereocenters. The summed E-state index contributed by atoms with van der Waals surface area (Å²) in [5, 5.41) is 16.7. The number of hydrogen-bond donors (Lipinski definition) is 3. The van der Waals surface area contributed by atoms with E-state index in [1.807, 2.05) is 67.6 Å². The first-order valence-corrected chi connectivity index (χ1v) is 15.1. The van der Waals surface area contributed by atoms with Gasteiger partial charge in [0, 0.05) is 16.1 Å². The van der Waals surface area contributed by atoms with Gasteiger partial charge in [0.1, 0.15) is 11.8 Å². The first kappa shape index (κ1) is 28.3. The van der Waals surface area contributed by atoms with Gasteiger partial charge in [0.25, 0.3) is 0 Å². The quantitative estimate of drug-likeness (QED) is 0.345. The number of thioether (sulfide) groups is 1. The molecule has 3 aromatic carbocycles. The van der Waals surface area contributed by atoms with E-state index in [1.54, 1.807) is 48.0 Å². The average Bonchev–Trinajstić information content (AvgIpc) is 3.58. The van der Waals surface area contributed by atoms with Crippen molar-refractivity contribution in [2.24, 2.45) is 11.8 Å². The van der Waals surface area contributed by atoms with E-state index in [9.17, 15) is 19.5 Å². The molecule has 0 saturated carbocycles. The number of nitrogens with zero attached hydrogens (tertiary/aromatic N) is 1. The normalized spacial score (nSPS) is 28.3. The molecule has 42 heavy (non-hydrogen) atoms. The molecule has 3 aromatic rings. The van der Waals surface area contributed by atoms with Crippen LogP contribution in [-0.2, 0) is 20.8 Å². The summed E-state index contributed by atoms with van der Waals surface area (Å²) in [5.41, 5.74) is 2.20. The minimum Gasteiger partial charge on any atom is -0.497 e. The second-order valence-electron chi connectivity index (χ2n) is 11.6. The minimum absolute atomic E-state index is 0.212. The number of benzene rings is 3. The molecule has 3 N–H and O–H groups in total. The number of ether oxygens (including phenoxy) is 1. The lowest BCUT2D eigenvalue weighted by Gasteiger charge is -2.37. The average molecular weight is 586 g/mol. The third kappa shape index (κ3) is 4.74. The summed E-state index contributed by atoms with van der Waals surface area (Å²) in [6, 6.07) is 24.4. The molecule has 3 aliphatic heterocycles. The van der Waals surface area contributed by atoms with Crippen molar-refractivity contribution in [3.8, 4) is 5.75 Å². The van der Waals surface area contributed by atoms with Crippen LogP contribution in [0.25, 0.3) is 0 Å². The smallest absolute Gasteiger partial charge is 0.248 e. The van der Waals surface area contributed by atoms with Crippen LogP contribution in [-0.4, -0.2) is 63.0 Å². The van der Waals surface area contributed by atoms with E-state index in [4.69, 9.17) is 4.74 Å². The Bertz CT molecular complexity index is 1470. The summed E-state index contributed by atoms with van der Waals surface area (Å²) in [6.07, 6.45) is 1.72. The number of anilines is 2. The maximum absolute atomic E-state index is 14.5. The molecular weight excluding hydrogens is 550 g/mol. The van der Waals surface area contributed by atoms with E-state index in [2.05, 4.69) is 10.6 Å². The van der Waals surface area contributed by atoms with Crippen LogP contribution in [0, 0.1) is 11.8 Å². The van der Waals surface area contributed by atoms with Gasteiger partial charge in [0.15, 0.2) is 0 Å². The van der Waals surface area contributed by atoms with Gasteiger partial charge in [0.05, 0.1) is 36.3 Å². The van der Waals surface area contributed by atoms with Gasteiger partial charge in [-0.05, 0) is 68.1 Å². The third-order valence-corrected chi connectivity index (χ3v) is 11.0. The lowest BCUT2D eigenvalue weighted by atomic mass is 9.66. The third-order valence-electron chi connectivity index (χ3n) is 9.06. The fraction of sp³-hybridized carbons (Fsp3) is 0.364. The van der Waals surface area contributed by atoms with Gasteiger partial charge >= 0.3 is 0 Å². The number of amides is 3. The predicted octanol–water partition coefficient (Wildman–Crippen LogP) is 4.36. The van der Waals surface area contributed by atoms with Crippen molar-refractivity contribution < 1.29 is 24.2 Å². The molecular formula is C33H35N3O5S. The van der Waals surface area contributed by atoms with Crippen molar-refractivity contribution in [1.29, 1.82) is 0 Å². The van der Waals surface area contributed by atoms with E-state index in [1.165, 1.54) is 0 Å². The molecule has 3 fully saturated rings. The van der Waals surface area contributed by atoms with E-state index in [0.29, 0.717) is 36.4 Å². The zero-order chi connectivity index (χ0) is 29.5. The number of carbonyl (C=O) groups is 3. The van der Waals surface area contributed by atoms with Crippen LogP contribution in [0.15, 0.2) is 84.9 Å². The molecule has 9 heteroatoms. The number of carbonyl (C=O) groups excluding carboxylic acids is 3. The van der Waals surface area contributed by atoms with Gasteiger partial charge in [-0.3, -0.25) is 14.4 Å². The number of methoxy groups -OCH3 is 1. The fourth-order valence-corrected chi connectivity index (χ4v) is 9.56. The van der Waals surface area contributed by atoms with Gasteiger partial charge in [-0.1, -0.05) is 48.5 Å². The van der Waals surface area contributed by atoms with Gasteiger partial charge in [-0.25, -0.2) is 0 Å². The van der Waals surface area contributed by atoms with Crippen LogP contribution in [0.1, 0.15) is 25.3 Å². The SMILES string of the molecule is COc1ccc(NC(=O)C2N([C@@H](CO)Cc3ccccc3)C(=O)[C@@H]3[C@H](C(=O)Nc4ccccc4)[C@]4(C)CCC23S4)cc1. The number of aliphatic hydroxyl groups excluding tert-OH is 1. The lowest BCUT2D eigenvalue weighted by Crippen LogP contribution is -2.55. The molecule has 2 bridgehead atoms. The Kier molecular flexibility index (Phi) is 7.49. The van der Waals surface area contributed by atoms with Gasteiger partial charge in [0.2, 0.25) is 17.7 Å². The second kappa shape index (κ2) is 11.1. The van der Waals surface area contributed by atoms with Crippen molar-refractivity contribution in [3.05, 3.63) is 90.5 Å². The topological polar surface area (TPSA) is 108 Å². The highest BCUT2D eigenvalue weighted by atomic mass is 32.2. The summed E-state index contributed by atoms with van der Waals surface area (Å²) < 4.78 is 3.95. The summed E-state index contributed by atoms with van der Waals surface area (Å²) in [7, 11) is 1.58. The van der Waals surface area contributed by atoms with E-state index in [-0.39, 0.29) is 24.3 Å². The molecule has 8 nitrogen and oxygen atoms in total. The van der Waals surface area contributed by atoms with Crippen molar-refractivity contribution in [3.63, 3.8) is 0 Å². The molecule has 0 radical (unpaired) electrons. The predicted molar refractivity (Wildman–Crippen MR) is 163 cm³/mol. The Balaban J connectivity index is 1.38. The fourth-order valence-electron chi connectivity index (χ4n) is 7.22. The molecule has 3 amide bonds. The van der Waals surface area contributed by atoms with Crippen LogP contribution in [0.3, 0.4) is 0 Å².